The Morgan fingerprint density at radius 3 is 2.44 bits per heavy atom. The van der Waals surface area contributed by atoms with Crippen LogP contribution in [0.25, 0.3) is 10.8 Å². The lowest BCUT2D eigenvalue weighted by molar-refractivity contribution is -0.138. The largest absolute Gasteiger partial charge is 0.395 e. The van der Waals surface area contributed by atoms with Gasteiger partial charge in [-0.25, -0.2) is 0 Å². The van der Waals surface area contributed by atoms with Crippen LogP contribution < -0.4 is 10.6 Å². The fraction of sp³-hybridized carbons (Fsp3) is 0.321. The highest BCUT2D eigenvalue weighted by Gasteiger charge is 2.73. The molecular weight excluding hydrogens is 474 g/mol. The predicted octanol–water partition coefficient (Wildman–Crippen LogP) is 3.50. The van der Waals surface area contributed by atoms with E-state index in [1.807, 2.05) is 72.8 Å². The highest BCUT2D eigenvalue weighted by molar-refractivity contribution is 8.02. The first-order chi connectivity index (χ1) is 17.5. The predicted molar refractivity (Wildman–Crippen MR) is 141 cm³/mol. The lowest BCUT2D eigenvalue weighted by Crippen LogP contribution is -2.52. The van der Waals surface area contributed by atoms with Crippen molar-refractivity contribution in [1.29, 1.82) is 0 Å². The Kier molecular flexibility index (Phi) is 5.73. The van der Waals surface area contributed by atoms with Gasteiger partial charge in [-0.2, -0.15) is 0 Å². The number of β-amino-alcohol motifs (C(OH)–C–C–N with tert-alkyl or cyclic N) is 1. The topological polar surface area (TPSA) is 98.7 Å². The van der Waals surface area contributed by atoms with E-state index in [0.717, 1.165) is 17.2 Å². The molecule has 3 saturated heterocycles. The SMILES string of the molecule is O=C(Nc1ccc2ccccc2c1)C1N(CCO)C(=O)[C@@H]2[C@H](C(=O)Nc3ccccc3)[C@@H]3CCC12S3. The number of hydrogen-bond acceptors (Lipinski definition) is 5. The zero-order valence-electron chi connectivity index (χ0n) is 19.6. The fourth-order valence-electron chi connectivity index (χ4n) is 6.33. The summed E-state index contributed by atoms with van der Waals surface area (Å²) in [4.78, 5) is 42.4. The van der Waals surface area contributed by atoms with Crippen LogP contribution in [0.5, 0.6) is 0 Å². The fourth-order valence-corrected chi connectivity index (χ4v) is 8.55. The van der Waals surface area contributed by atoms with Gasteiger partial charge in [0, 0.05) is 23.2 Å². The Hall–Kier alpha value is -3.36. The first kappa shape index (κ1) is 23.1. The Morgan fingerprint density at radius 2 is 1.67 bits per heavy atom. The summed E-state index contributed by atoms with van der Waals surface area (Å²) in [6.45, 7) is -0.186. The van der Waals surface area contributed by atoms with Gasteiger partial charge < -0.3 is 20.6 Å². The molecule has 8 heteroatoms. The van der Waals surface area contributed by atoms with Gasteiger partial charge in [-0.1, -0.05) is 48.5 Å². The lowest BCUT2D eigenvalue weighted by atomic mass is 9.70. The number of fused-ring (bicyclic) bond motifs is 2. The van der Waals surface area contributed by atoms with E-state index in [1.54, 1.807) is 11.8 Å². The Bertz CT molecular complexity index is 1350. The lowest BCUT2D eigenvalue weighted by Gasteiger charge is -2.34. The number of nitrogens with one attached hydrogen (secondary N) is 2. The zero-order chi connectivity index (χ0) is 24.9. The smallest absolute Gasteiger partial charge is 0.248 e. The monoisotopic (exact) mass is 501 g/mol. The van der Waals surface area contributed by atoms with Crippen molar-refractivity contribution in [1.82, 2.24) is 4.90 Å². The van der Waals surface area contributed by atoms with Crippen LogP contribution >= 0.6 is 11.8 Å². The normalized spacial score (nSPS) is 28.4. The van der Waals surface area contributed by atoms with Gasteiger partial charge in [0.2, 0.25) is 17.7 Å². The van der Waals surface area contributed by atoms with Gasteiger partial charge in [-0.15, -0.1) is 11.8 Å². The molecule has 6 rings (SSSR count). The summed E-state index contributed by atoms with van der Waals surface area (Å²) in [6, 6.07) is 22.1. The highest BCUT2D eigenvalue weighted by Crippen LogP contribution is 2.66. The average Bonchev–Trinajstić information content (AvgIpc) is 3.52. The molecule has 0 saturated carbocycles. The minimum Gasteiger partial charge on any atom is -0.395 e. The van der Waals surface area contributed by atoms with Gasteiger partial charge in [-0.3, -0.25) is 14.4 Å². The molecule has 184 valence electrons. The van der Waals surface area contributed by atoms with Gasteiger partial charge in [0.15, 0.2) is 0 Å². The maximum atomic E-state index is 13.8. The summed E-state index contributed by atoms with van der Waals surface area (Å²) in [6.07, 6.45) is 1.46. The molecule has 3 aliphatic heterocycles. The third-order valence-electron chi connectivity index (χ3n) is 7.75. The van der Waals surface area contributed by atoms with Crippen LogP contribution in [0, 0.1) is 11.8 Å². The summed E-state index contributed by atoms with van der Waals surface area (Å²) >= 11 is 1.61. The number of likely N-dealkylation sites (tertiary alicyclic amines) is 1. The summed E-state index contributed by atoms with van der Waals surface area (Å²) in [5.74, 6) is -1.78. The summed E-state index contributed by atoms with van der Waals surface area (Å²) < 4.78 is -0.684. The highest BCUT2D eigenvalue weighted by atomic mass is 32.2. The molecular formula is C28H27N3O4S. The number of aliphatic hydroxyl groups is 1. The second-order valence-electron chi connectivity index (χ2n) is 9.72. The molecule has 3 fully saturated rings. The summed E-state index contributed by atoms with van der Waals surface area (Å²) in [5.41, 5.74) is 1.35. The molecule has 3 aliphatic rings. The van der Waals surface area contributed by atoms with Crippen LogP contribution in [-0.4, -0.2) is 56.9 Å². The number of para-hydroxylation sites is 1. The standard InChI is InChI=1S/C28H27N3O4S/c32-15-14-31-24(26(34)30-20-11-10-17-6-4-5-7-18(17)16-20)28-13-12-21(36-28)22(23(28)27(31)35)25(33)29-19-8-2-1-3-9-19/h1-11,16,21-24,32H,12-15H2,(H,29,33)(H,30,34)/t21-,22+,23-,24?,28?/m0/s1. The van der Waals surface area contributed by atoms with Crippen LogP contribution in [-0.2, 0) is 14.4 Å². The second kappa shape index (κ2) is 8.94. The van der Waals surface area contributed by atoms with Crippen molar-refractivity contribution in [3.63, 3.8) is 0 Å². The molecule has 5 atom stereocenters. The number of thioether (sulfide) groups is 1. The summed E-state index contributed by atoms with van der Waals surface area (Å²) in [5, 5.41) is 17.8. The first-order valence-corrected chi connectivity index (χ1v) is 13.1. The molecule has 0 aromatic heterocycles. The van der Waals surface area contributed by atoms with Crippen LogP contribution in [0.4, 0.5) is 11.4 Å². The number of carbonyl (C=O) groups excluding carboxylic acids is 3. The number of hydrogen-bond donors (Lipinski definition) is 3. The van der Waals surface area contributed by atoms with E-state index in [0.29, 0.717) is 17.8 Å². The van der Waals surface area contributed by atoms with Crippen molar-refractivity contribution in [2.45, 2.75) is 28.9 Å². The summed E-state index contributed by atoms with van der Waals surface area (Å²) in [7, 11) is 0. The van der Waals surface area contributed by atoms with Crippen LogP contribution in [0.3, 0.4) is 0 Å². The molecule has 3 amide bonds. The van der Waals surface area contributed by atoms with E-state index >= 15 is 0 Å². The number of rotatable bonds is 6. The van der Waals surface area contributed by atoms with Gasteiger partial charge in [0.1, 0.15) is 6.04 Å². The van der Waals surface area contributed by atoms with Crippen molar-refractivity contribution >= 4 is 51.6 Å². The quantitative estimate of drug-likeness (QED) is 0.480. The molecule has 36 heavy (non-hydrogen) atoms. The van der Waals surface area contributed by atoms with E-state index in [-0.39, 0.29) is 36.1 Å². The Morgan fingerprint density at radius 1 is 0.944 bits per heavy atom. The van der Waals surface area contributed by atoms with Crippen LogP contribution in [0.1, 0.15) is 12.8 Å². The third kappa shape index (κ3) is 3.59. The molecule has 2 bridgehead atoms. The minimum atomic E-state index is -0.752. The number of nitrogens with zero attached hydrogens (tertiary/aromatic N) is 1. The zero-order valence-corrected chi connectivity index (χ0v) is 20.4. The Labute approximate surface area is 213 Å². The number of carbonyl (C=O) groups is 3. The maximum Gasteiger partial charge on any atom is 0.248 e. The van der Waals surface area contributed by atoms with E-state index in [1.165, 1.54) is 4.90 Å². The first-order valence-electron chi connectivity index (χ1n) is 12.3. The maximum absolute atomic E-state index is 13.8. The minimum absolute atomic E-state index is 0.0186. The molecule has 3 heterocycles. The molecule has 0 aliphatic carbocycles. The number of benzene rings is 3. The van der Waals surface area contributed by atoms with E-state index in [9.17, 15) is 19.5 Å². The molecule has 0 radical (unpaired) electrons. The number of anilines is 2. The average molecular weight is 502 g/mol. The van der Waals surface area contributed by atoms with Crippen molar-refractivity contribution < 1.29 is 19.5 Å². The molecule has 3 aromatic rings. The molecule has 7 nitrogen and oxygen atoms in total. The third-order valence-corrected chi connectivity index (χ3v) is 9.70. The van der Waals surface area contributed by atoms with Crippen molar-refractivity contribution in [3.05, 3.63) is 72.8 Å². The van der Waals surface area contributed by atoms with E-state index < -0.39 is 22.6 Å². The molecule has 2 unspecified atom stereocenters. The van der Waals surface area contributed by atoms with Gasteiger partial charge in [0.05, 0.1) is 23.2 Å². The van der Waals surface area contributed by atoms with Crippen molar-refractivity contribution in [3.8, 4) is 0 Å². The van der Waals surface area contributed by atoms with E-state index in [2.05, 4.69) is 10.6 Å². The van der Waals surface area contributed by atoms with Gasteiger partial charge in [-0.05, 0) is 47.9 Å². The molecule has 3 N–H and O–H groups in total. The van der Waals surface area contributed by atoms with Crippen LogP contribution in [0.2, 0.25) is 0 Å². The molecule has 1 spiro atoms. The van der Waals surface area contributed by atoms with Gasteiger partial charge in [0.25, 0.3) is 0 Å². The number of aliphatic hydroxyl groups excluding tert-OH is 1. The van der Waals surface area contributed by atoms with Crippen LogP contribution in [0.15, 0.2) is 72.8 Å². The second-order valence-corrected chi connectivity index (χ2v) is 11.3. The van der Waals surface area contributed by atoms with Crippen molar-refractivity contribution in [2.24, 2.45) is 11.8 Å². The Balaban J connectivity index is 1.31. The van der Waals surface area contributed by atoms with Gasteiger partial charge >= 0.3 is 0 Å². The van der Waals surface area contributed by atoms with Crippen molar-refractivity contribution in [2.75, 3.05) is 23.8 Å². The molecule has 3 aromatic carbocycles. The van der Waals surface area contributed by atoms with E-state index in [4.69, 9.17) is 0 Å². The number of amides is 3.